The minimum Gasteiger partial charge on any atom is -0.370 e. The summed E-state index contributed by atoms with van der Waals surface area (Å²) in [5.41, 5.74) is 6.06. The highest BCUT2D eigenvalue weighted by molar-refractivity contribution is 5.73. The van der Waals surface area contributed by atoms with Gasteiger partial charge in [0.15, 0.2) is 0 Å². The highest BCUT2D eigenvalue weighted by Gasteiger charge is 2.01. The van der Waals surface area contributed by atoms with Crippen LogP contribution in [0.1, 0.15) is 26.7 Å². The molecule has 10 heavy (non-hydrogen) atoms. The van der Waals surface area contributed by atoms with Crippen LogP contribution in [0, 0.1) is 5.92 Å². The van der Waals surface area contributed by atoms with E-state index in [-0.39, 0.29) is 5.91 Å². The lowest BCUT2D eigenvalue weighted by Crippen LogP contribution is -2.10. The molecule has 0 aliphatic heterocycles. The quantitative estimate of drug-likeness (QED) is 0.592. The number of rotatable bonds is 4. The van der Waals surface area contributed by atoms with Crippen LogP contribution in [-0.4, -0.2) is 5.91 Å². The van der Waals surface area contributed by atoms with Crippen molar-refractivity contribution in [1.29, 1.82) is 0 Å². The number of carbonyl (C=O) groups excluding carboxylic acids is 1. The zero-order chi connectivity index (χ0) is 8.15. The fraction of sp³-hybridized carbons (Fsp3) is 0.625. The van der Waals surface area contributed by atoms with Crippen LogP contribution in [0.15, 0.2) is 12.2 Å². The Kier molecular flexibility index (Phi) is 3.77. The molecule has 1 amide bonds. The molecule has 0 saturated carbocycles. The Bertz CT molecular complexity index is 138. The fourth-order valence-corrected chi connectivity index (χ4v) is 0.572. The van der Waals surface area contributed by atoms with Gasteiger partial charge in [-0.05, 0) is 12.3 Å². The van der Waals surface area contributed by atoms with Gasteiger partial charge >= 0.3 is 0 Å². The fourth-order valence-electron chi connectivity index (χ4n) is 0.572. The molecule has 0 saturated heterocycles. The minimum atomic E-state index is -0.248. The average Bonchev–Trinajstić information content (AvgIpc) is 1.82. The summed E-state index contributed by atoms with van der Waals surface area (Å²) in [5, 5.41) is 0. The molecule has 0 aliphatic rings. The van der Waals surface area contributed by atoms with Gasteiger partial charge in [-0.2, -0.15) is 0 Å². The lowest BCUT2D eigenvalue weighted by Gasteiger charge is -2.06. The Morgan fingerprint density at radius 2 is 2.00 bits per heavy atom. The van der Waals surface area contributed by atoms with Gasteiger partial charge in [0.1, 0.15) is 0 Å². The van der Waals surface area contributed by atoms with Gasteiger partial charge in [-0.15, -0.1) is 0 Å². The molecule has 0 unspecified atom stereocenters. The molecular formula is C8H15NO. The predicted molar refractivity (Wildman–Crippen MR) is 42.4 cm³/mol. The molecule has 58 valence electrons. The summed E-state index contributed by atoms with van der Waals surface area (Å²) in [5.74, 6) is 0.209. The van der Waals surface area contributed by atoms with E-state index in [1.54, 1.807) is 0 Å². The Morgan fingerprint density at radius 1 is 1.50 bits per heavy atom. The Hall–Kier alpha value is -0.790. The van der Waals surface area contributed by atoms with Crippen LogP contribution >= 0.6 is 0 Å². The summed E-state index contributed by atoms with van der Waals surface area (Å²) in [6.07, 6.45) is 1.16. The van der Waals surface area contributed by atoms with Crippen molar-refractivity contribution in [2.24, 2.45) is 11.7 Å². The van der Waals surface area contributed by atoms with Gasteiger partial charge in [-0.25, -0.2) is 0 Å². The van der Waals surface area contributed by atoms with E-state index in [9.17, 15) is 4.79 Å². The Labute approximate surface area is 62.1 Å². The molecule has 0 radical (unpaired) electrons. The maximum absolute atomic E-state index is 10.3. The smallest absolute Gasteiger partial charge is 0.217 e. The SMILES string of the molecule is C=C(CCC(N)=O)C(C)C. The Balaban J connectivity index is 3.50. The molecule has 2 heteroatoms. The van der Waals surface area contributed by atoms with Gasteiger partial charge in [-0.1, -0.05) is 26.0 Å². The first-order valence-electron chi connectivity index (χ1n) is 3.50. The van der Waals surface area contributed by atoms with Crippen LogP contribution in [0.5, 0.6) is 0 Å². The highest BCUT2D eigenvalue weighted by Crippen LogP contribution is 2.12. The van der Waals surface area contributed by atoms with E-state index in [1.165, 1.54) is 0 Å². The van der Waals surface area contributed by atoms with Crippen molar-refractivity contribution < 1.29 is 4.79 Å². The lowest BCUT2D eigenvalue weighted by molar-refractivity contribution is -0.118. The van der Waals surface area contributed by atoms with Crippen LogP contribution < -0.4 is 5.73 Å². The van der Waals surface area contributed by atoms with E-state index < -0.39 is 0 Å². The molecule has 0 aromatic carbocycles. The van der Waals surface area contributed by atoms with Crippen LogP contribution in [0.3, 0.4) is 0 Å². The van der Waals surface area contributed by atoms with Crippen molar-refractivity contribution in [3.63, 3.8) is 0 Å². The third kappa shape index (κ3) is 4.13. The van der Waals surface area contributed by atoms with E-state index in [0.717, 1.165) is 12.0 Å². The lowest BCUT2D eigenvalue weighted by atomic mass is 10.0. The highest BCUT2D eigenvalue weighted by atomic mass is 16.1. The topological polar surface area (TPSA) is 43.1 Å². The third-order valence-corrected chi connectivity index (χ3v) is 1.51. The maximum Gasteiger partial charge on any atom is 0.217 e. The van der Waals surface area contributed by atoms with Crippen molar-refractivity contribution >= 4 is 5.91 Å². The molecule has 0 aromatic rings. The molecule has 0 aliphatic carbocycles. The van der Waals surface area contributed by atoms with Gasteiger partial charge < -0.3 is 5.73 Å². The summed E-state index contributed by atoms with van der Waals surface area (Å²) in [4.78, 5) is 10.3. The third-order valence-electron chi connectivity index (χ3n) is 1.51. The number of primary amides is 1. The van der Waals surface area contributed by atoms with Gasteiger partial charge in [0.25, 0.3) is 0 Å². The molecular weight excluding hydrogens is 126 g/mol. The number of allylic oxidation sites excluding steroid dienone is 1. The largest absolute Gasteiger partial charge is 0.370 e. The van der Waals surface area contributed by atoms with Gasteiger partial charge in [0.2, 0.25) is 5.91 Å². The van der Waals surface area contributed by atoms with E-state index in [1.807, 2.05) is 0 Å². The summed E-state index contributed by atoms with van der Waals surface area (Å²) < 4.78 is 0. The zero-order valence-electron chi connectivity index (χ0n) is 6.68. The number of hydrogen-bond donors (Lipinski definition) is 1. The Morgan fingerprint density at radius 3 is 2.30 bits per heavy atom. The van der Waals surface area contributed by atoms with Gasteiger partial charge in [0, 0.05) is 6.42 Å². The molecule has 0 bridgehead atoms. The zero-order valence-corrected chi connectivity index (χ0v) is 6.68. The first-order valence-corrected chi connectivity index (χ1v) is 3.50. The second-order valence-electron chi connectivity index (χ2n) is 2.78. The van der Waals surface area contributed by atoms with Gasteiger partial charge in [-0.3, -0.25) is 4.79 Å². The van der Waals surface area contributed by atoms with Crippen molar-refractivity contribution in [2.75, 3.05) is 0 Å². The average molecular weight is 141 g/mol. The number of amides is 1. The van der Waals surface area contributed by atoms with E-state index >= 15 is 0 Å². The van der Waals surface area contributed by atoms with Crippen molar-refractivity contribution in [1.82, 2.24) is 0 Å². The second kappa shape index (κ2) is 4.09. The molecule has 0 aromatic heterocycles. The minimum absolute atomic E-state index is 0.248. The van der Waals surface area contributed by atoms with Crippen molar-refractivity contribution in [3.05, 3.63) is 12.2 Å². The van der Waals surface area contributed by atoms with E-state index in [4.69, 9.17) is 5.73 Å². The molecule has 2 nitrogen and oxygen atoms in total. The van der Waals surface area contributed by atoms with E-state index in [0.29, 0.717) is 12.3 Å². The van der Waals surface area contributed by atoms with Crippen molar-refractivity contribution in [3.8, 4) is 0 Å². The number of carbonyl (C=O) groups is 1. The molecule has 0 rings (SSSR count). The second-order valence-corrected chi connectivity index (χ2v) is 2.78. The van der Waals surface area contributed by atoms with Crippen molar-refractivity contribution in [2.45, 2.75) is 26.7 Å². The van der Waals surface area contributed by atoms with Gasteiger partial charge in [0.05, 0.1) is 0 Å². The van der Waals surface area contributed by atoms with Crippen LogP contribution in [0.2, 0.25) is 0 Å². The van der Waals surface area contributed by atoms with Crippen LogP contribution in [0.25, 0.3) is 0 Å². The maximum atomic E-state index is 10.3. The summed E-state index contributed by atoms with van der Waals surface area (Å²) >= 11 is 0. The predicted octanol–water partition coefficient (Wildman–Crippen LogP) is 1.46. The van der Waals surface area contributed by atoms with Crippen LogP contribution in [0.4, 0.5) is 0 Å². The summed E-state index contributed by atoms with van der Waals surface area (Å²) in [7, 11) is 0. The van der Waals surface area contributed by atoms with E-state index in [2.05, 4.69) is 20.4 Å². The number of hydrogen-bond acceptors (Lipinski definition) is 1. The molecule has 0 atom stereocenters. The molecule has 0 heterocycles. The first-order chi connectivity index (χ1) is 4.54. The molecule has 2 N–H and O–H groups in total. The number of nitrogens with two attached hydrogens (primary N) is 1. The van der Waals surface area contributed by atoms with Crippen LogP contribution in [-0.2, 0) is 4.79 Å². The standard InChI is InChI=1S/C8H15NO/c1-6(2)7(3)4-5-8(9)10/h6H,3-5H2,1-2H3,(H2,9,10). The monoisotopic (exact) mass is 141 g/mol. The summed E-state index contributed by atoms with van der Waals surface area (Å²) in [6, 6.07) is 0. The first kappa shape index (κ1) is 9.21. The normalized spacial score (nSPS) is 9.90. The molecule has 0 fully saturated rings. The molecule has 0 spiro atoms. The summed E-state index contributed by atoms with van der Waals surface area (Å²) in [6.45, 7) is 7.94.